The van der Waals surface area contributed by atoms with Gasteiger partial charge in [-0.1, -0.05) is 121 Å². The average Bonchev–Trinajstić information content (AvgIpc) is 3.42. The predicted molar refractivity (Wildman–Crippen MR) is 156 cm³/mol. The lowest BCUT2D eigenvalue weighted by atomic mass is 9.99. The van der Waals surface area contributed by atoms with Gasteiger partial charge < -0.3 is 0 Å². The minimum Gasteiger partial charge on any atom is -0.299 e. The Labute approximate surface area is 226 Å². The van der Waals surface area contributed by atoms with Crippen molar-refractivity contribution in [3.63, 3.8) is 0 Å². The van der Waals surface area contributed by atoms with Crippen molar-refractivity contribution in [2.24, 2.45) is 0 Å². The molecule has 0 spiro atoms. The van der Waals surface area contributed by atoms with Gasteiger partial charge in [0.05, 0.1) is 11.4 Å². The molecule has 0 aliphatic carbocycles. The Morgan fingerprint density at radius 3 is 1.49 bits per heavy atom. The highest BCUT2D eigenvalue weighted by atomic mass is 15.0. The molecule has 0 atom stereocenters. The largest absolute Gasteiger partial charge is 0.299 e. The highest BCUT2D eigenvalue weighted by Gasteiger charge is 2.21. The molecule has 3 aromatic heterocycles. The average molecular weight is 502 g/mol. The smallest absolute Gasteiger partial charge is 0.164 e. The third kappa shape index (κ3) is 4.26. The van der Waals surface area contributed by atoms with E-state index >= 15 is 0 Å². The molecule has 0 saturated carbocycles. The van der Waals surface area contributed by atoms with Crippen molar-refractivity contribution in [2.45, 2.75) is 0 Å². The molecule has 0 unspecified atom stereocenters. The Morgan fingerprint density at radius 1 is 0.385 bits per heavy atom. The molecule has 0 radical (unpaired) electrons. The summed E-state index contributed by atoms with van der Waals surface area (Å²) in [5, 5.41) is 0. The van der Waals surface area contributed by atoms with Crippen LogP contribution in [0.5, 0.6) is 0 Å². The second-order valence-corrected chi connectivity index (χ2v) is 9.19. The molecule has 184 valence electrons. The highest BCUT2D eigenvalue weighted by Crippen LogP contribution is 2.38. The molecule has 0 aliphatic rings. The Balaban J connectivity index is 1.49. The summed E-state index contributed by atoms with van der Waals surface area (Å²) in [4.78, 5) is 19.9. The van der Waals surface area contributed by atoms with Crippen LogP contribution in [-0.2, 0) is 0 Å². The molecule has 5 nitrogen and oxygen atoms in total. The fraction of sp³-hybridized carbons (Fsp3) is 0. The number of imidazole rings is 1. The molecule has 0 saturated heterocycles. The van der Waals surface area contributed by atoms with Gasteiger partial charge in [-0.15, -0.1) is 0 Å². The van der Waals surface area contributed by atoms with Gasteiger partial charge in [0.15, 0.2) is 17.5 Å². The number of rotatable bonds is 5. The number of pyridine rings is 1. The summed E-state index contributed by atoms with van der Waals surface area (Å²) in [6, 6.07) is 44.7. The minimum absolute atomic E-state index is 0.606. The first-order valence-corrected chi connectivity index (χ1v) is 12.8. The topological polar surface area (TPSA) is 56.0 Å². The SMILES string of the molecule is c1ccc(-c2nc(-c3ccccc3)nc(-c3ccccc3-c3nc4ccccn4c3-c3ccccc3)n2)cc1. The Kier molecular flexibility index (Phi) is 5.72. The van der Waals surface area contributed by atoms with Gasteiger partial charge in [-0.25, -0.2) is 19.9 Å². The fourth-order valence-corrected chi connectivity index (χ4v) is 4.87. The summed E-state index contributed by atoms with van der Waals surface area (Å²) in [7, 11) is 0. The van der Waals surface area contributed by atoms with Crippen LogP contribution in [0, 0.1) is 0 Å². The highest BCUT2D eigenvalue weighted by molar-refractivity contribution is 5.89. The first-order valence-electron chi connectivity index (χ1n) is 12.8. The van der Waals surface area contributed by atoms with Crippen LogP contribution < -0.4 is 0 Å². The van der Waals surface area contributed by atoms with Crippen molar-refractivity contribution < 1.29 is 0 Å². The van der Waals surface area contributed by atoms with E-state index in [-0.39, 0.29) is 0 Å². The van der Waals surface area contributed by atoms with Crippen molar-refractivity contribution in [1.29, 1.82) is 0 Å². The molecular weight excluding hydrogens is 478 g/mol. The van der Waals surface area contributed by atoms with E-state index in [1.165, 1.54) is 0 Å². The first kappa shape index (κ1) is 22.8. The van der Waals surface area contributed by atoms with Crippen LogP contribution in [0.2, 0.25) is 0 Å². The van der Waals surface area contributed by atoms with Gasteiger partial charge in [-0.05, 0) is 12.1 Å². The standard InChI is InChI=1S/C34H23N5/c1-4-14-24(15-5-1)31-30(35-29-22-12-13-23-39(29)31)27-20-10-11-21-28(27)34-37-32(25-16-6-2-7-17-25)36-33(38-34)26-18-8-3-9-19-26/h1-23H. The van der Waals surface area contributed by atoms with Crippen LogP contribution in [0.4, 0.5) is 0 Å². The molecule has 39 heavy (non-hydrogen) atoms. The van der Waals surface area contributed by atoms with Crippen LogP contribution in [0.3, 0.4) is 0 Å². The van der Waals surface area contributed by atoms with E-state index in [2.05, 4.69) is 47.0 Å². The summed E-state index contributed by atoms with van der Waals surface area (Å²) < 4.78 is 2.14. The summed E-state index contributed by atoms with van der Waals surface area (Å²) >= 11 is 0. The lowest BCUT2D eigenvalue weighted by Gasteiger charge is -2.12. The van der Waals surface area contributed by atoms with Crippen molar-refractivity contribution in [3.05, 3.63) is 140 Å². The van der Waals surface area contributed by atoms with E-state index in [0.717, 1.165) is 44.9 Å². The van der Waals surface area contributed by atoms with Crippen molar-refractivity contribution >= 4 is 5.65 Å². The van der Waals surface area contributed by atoms with E-state index < -0.39 is 0 Å². The van der Waals surface area contributed by atoms with E-state index in [0.29, 0.717) is 17.5 Å². The van der Waals surface area contributed by atoms with Gasteiger partial charge in [0.25, 0.3) is 0 Å². The predicted octanol–water partition coefficient (Wildman–Crippen LogP) is 7.85. The third-order valence-electron chi connectivity index (χ3n) is 6.70. The number of hydrogen-bond donors (Lipinski definition) is 0. The molecule has 0 amide bonds. The maximum absolute atomic E-state index is 5.10. The van der Waals surface area contributed by atoms with Crippen LogP contribution in [-0.4, -0.2) is 24.3 Å². The van der Waals surface area contributed by atoms with E-state index in [1.807, 2.05) is 97.1 Å². The zero-order chi connectivity index (χ0) is 26.0. The van der Waals surface area contributed by atoms with Crippen LogP contribution in [0.15, 0.2) is 140 Å². The number of benzene rings is 4. The van der Waals surface area contributed by atoms with Crippen molar-refractivity contribution in [1.82, 2.24) is 24.3 Å². The summed E-state index contributed by atoms with van der Waals surface area (Å²) in [6.45, 7) is 0. The molecule has 3 heterocycles. The van der Waals surface area contributed by atoms with Gasteiger partial charge in [-0.2, -0.15) is 0 Å². The molecule has 0 fully saturated rings. The van der Waals surface area contributed by atoms with Gasteiger partial charge in [0.1, 0.15) is 5.65 Å². The summed E-state index contributed by atoms with van der Waals surface area (Å²) in [5.41, 5.74) is 7.62. The monoisotopic (exact) mass is 501 g/mol. The lowest BCUT2D eigenvalue weighted by Crippen LogP contribution is -2.01. The quantitative estimate of drug-likeness (QED) is 0.241. The normalized spacial score (nSPS) is 11.1. The maximum Gasteiger partial charge on any atom is 0.164 e. The summed E-state index contributed by atoms with van der Waals surface area (Å²) in [6.07, 6.45) is 2.06. The second-order valence-electron chi connectivity index (χ2n) is 9.19. The molecular formula is C34H23N5. The number of aromatic nitrogens is 5. The Hall–Kier alpha value is -5.42. The molecule has 5 heteroatoms. The minimum atomic E-state index is 0.606. The lowest BCUT2D eigenvalue weighted by molar-refractivity contribution is 1.07. The number of hydrogen-bond acceptors (Lipinski definition) is 4. The maximum atomic E-state index is 5.10. The van der Waals surface area contributed by atoms with Crippen LogP contribution >= 0.6 is 0 Å². The number of fused-ring (bicyclic) bond motifs is 1. The van der Waals surface area contributed by atoms with Gasteiger partial charge >= 0.3 is 0 Å². The molecule has 0 bridgehead atoms. The second kappa shape index (κ2) is 9.80. The van der Waals surface area contributed by atoms with Crippen LogP contribution in [0.1, 0.15) is 0 Å². The molecule has 0 aliphatic heterocycles. The molecule has 7 aromatic rings. The molecule has 0 N–H and O–H groups in total. The van der Waals surface area contributed by atoms with Crippen LogP contribution in [0.25, 0.3) is 62.3 Å². The van der Waals surface area contributed by atoms with Crippen molar-refractivity contribution in [3.8, 4) is 56.7 Å². The molecule has 4 aromatic carbocycles. The van der Waals surface area contributed by atoms with E-state index in [4.69, 9.17) is 19.9 Å². The third-order valence-corrected chi connectivity index (χ3v) is 6.70. The summed E-state index contributed by atoms with van der Waals surface area (Å²) in [5.74, 6) is 1.87. The Bertz CT molecular complexity index is 1840. The van der Waals surface area contributed by atoms with Gasteiger partial charge in [0.2, 0.25) is 0 Å². The van der Waals surface area contributed by atoms with E-state index in [1.54, 1.807) is 0 Å². The van der Waals surface area contributed by atoms with Gasteiger partial charge in [-0.3, -0.25) is 4.40 Å². The zero-order valence-corrected chi connectivity index (χ0v) is 21.0. The van der Waals surface area contributed by atoms with E-state index in [9.17, 15) is 0 Å². The van der Waals surface area contributed by atoms with Crippen molar-refractivity contribution in [2.75, 3.05) is 0 Å². The Morgan fingerprint density at radius 2 is 0.872 bits per heavy atom. The molecule has 7 rings (SSSR count). The van der Waals surface area contributed by atoms with Gasteiger partial charge in [0, 0.05) is 34.0 Å². The zero-order valence-electron chi connectivity index (χ0n) is 21.0. The first-order chi connectivity index (χ1) is 19.3. The fourth-order valence-electron chi connectivity index (χ4n) is 4.87. The number of nitrogens with zero attached hydrogens (tertiary/aromatic N) is 5.